The number of hydrogen-bond acceptors (Lipinski definition) is 5. The maximum absolute atomic E-state index is 11.4. The molecule has 1 aromatic rings. The maximum Gasteiger partial charge on any atom is 0.325 e. The fourth-order valence-electron chi connectivity index (χ4n) is 1.43. The van der Waals surface area contributed by atoms with Crippen LogP contribution in [0, 0.1) is 11.3 Å². The quantitative estimate of drug-likeness (QED) is 0.718. The molecule has 1 heterocycles. The van der Waals surface area contributed by atoms with Gasteiger partial charge in [0.1, 0.15) is 18.3 Å². The van der Waals surface area contributed by atoms with Crippen LogP contribution in [0.2, 0.25) is 0 Å². The summed E-state index contributed by atoms with van der Waals surface area (Å²) < 4.78 is 4.89. The number of nitriles is 1. The molecule has 0 aromatic carbocycles. The Balaban J connectivity index is 2.79. The molecule has 0 bridgehead atoms. The predicted octanol–water partition coefficient (Wildman–Crippen LogP) is 1.34. The first-order valence-corrected chi connectivity index (χ1v) is 5.48. The Labute approximate surface area is 101 Å². The molecule has 0 unspecified atom stereocenters. The Hall–Kier alpha value is -2.09. The van der Waals surface area contributed by atoms with E-state index in [2.05, 4.69) is 4.98 Å². The van der Waals surface area contributed by atoms with E-state index in [1.165, 1.54) is 0 Å². The summed E-state index contributed by atoms with van der Waals surface area (Å²) in [7, 11) is 0. The molecule has 0 N–H and O–H groups in total. The van der Waals surface area contributed by atoms with Crippen molar-refractivity contribution in [2.75, 3.05) is 24.6 Å². The zero-order valence-electron chi connectivity index (χ0n) is 10.0. The number of anilines is 1. The molecule has 0 aliphatic rings. The number of carbonyl (C=O) groups excluding carboxylic acids is 1. The third-order valence-corrected chi connectivity index (χ3v) is 2.23. The molecule has 0 aliphatic heterocycles. The molecule has 0 saturated carbocycles. The number of rotatable bonds is 5. The maximum atomic E-state index is 11.4. The second-order valence-corrected chi connectivity index (χ2v) is 3.33. The van der Waals surface area contributed by atoms with Crippen molar-refractivity contribution in [1.82, 2.24) is 4.98 Å². The van der Waals surface area contributed by atoms with Crippen molar-refractivity contribution in [1.29, 1.82) is 5.26 Å². The average Bonchev–Trinajstić information content (AvgIpc) is 2.36. The van der Waals surface area contributed by atoms with E-state index >= 15 is 0 Å². The molecule has 0 atom stereocenters. The van der Waals surface area contributed by atoms with Gasteiger partial charge in [-0.25, -0.2) is 4.98 Å². The monoisotopic (exact) mass is 233 g/mol. The van der Waals surface area contributed by atoms with Gasteiger partial charge in [-0.3, -0.25) is 4.79 Å². The van der Waals surface area contributed by atoms with Gasteiger partial charge in [-0.1, -0.05) is 0 Å². The fraction of sp³-hybridized carbons (Fsp3) is 0.417. The van der Waals surface area contributed by atoms with Crippen LogP contribution in [0.1, 0.15) is 19.5 Å². The van der Waals surface area contributed by atoms with Gasteiger partial charge in [-0.05, 0) is 26.0 Å². The molecule has 90 valence electrons. The van der Waals surface area contributed by atoms with Crippen LogP contribution in [0.15, 0.2) is 18.3 Å². The molecule has 0 fully saturated rings. The zero-order valence-corrected chi connectivity index (χ0v) is 10.0. The molecule has 0 saturated heterocycles. The van der Waals surface area contributed by atoms with Gasteiger partial charge in [-0.15, -0.1) is 0 Å². The van der Waals surface area contributed by atoms with E-state index in [4.69, 9.17) is 10.00 Å². The smallest absolute Gasteiger partial charge is 0.325 e. The summed E-state index contributed by atoms with van der Waals surface area (Å²) in [5, 5.41) is 8.76. The van der Waals surface area contributed by atoms with Crippen molar-refractivity contribution in [2.24, 2.45) is 0 Å². The normalized spacial score (nSPS) is 9.47. The second-order valence-electron chi connectivity index (χ2n) is 3.33. The molecule has 17 heavy (non-hydrogen) atoms. The van der Waals surface area contributed by atoms with E-state index in [-0.39, 0.29) is 12.5 Å². The number of esters is 1. The highest BCUT2D eigenvalue weighted by molar-refractivity contribution is 5.75. The molecule has 5 heteroatoms. The minimum absolute atomic E-state index is 0.180. The van der Waals surface area contributed by atoms with Crippen LogP contribution in [-0.2, 0) is 9.53 Å². The van der Waals surface area contributed by atoms with Crippen molar-refractivity contribution in [2.45, 2.75) is 13.8 Å². The van der Waals surface area contributed by atoms with Gasteiger partial charge in [0.05, 0.1) is 6.61 Å². The minimum Gasteiger partial charge on any atom is -0.465 e. The summed E-state index contributed by atoms with van der Waals surface area (Å²) in [4.78, 5) is 17.1. The van der Waals surface area contributed by atoms with Crippen molar-refractivity contribution in [3.63, 3.8) is 0 Å². The second kappa shape index (κ2) is 6.48. The highest BCUT2D eigenvalue weighted by Crippen LogP contribution is 2.13. The topological polar surface area (TPSA) is 66.2 Å². The molecule has 1 aromatic heterocycles. The van der Waals surface area contributed by atoms with Gasteiger partial charge in [0, 0.05) is 18.4 Å². The van der Waals surface area contributed by atoms with Gasteiger partial charge in [0.25, 0.3) is 0 Å². The summed E-state index contributed by atoms with van der Waals surface area (Å²) in [5.74, 6) is -0.273. The molecule has 1 rings (SSSR count). The number of likely N-dealkylation sites (N-methyl/N-ethyl adjacent to an activating group) is 1. The number of hydrogen-bond donors (Lipinski definition) is 0. The molecular weight excluding hydrogens is 218 g/mol. The van der Waals surface area contributed by atoms with Crippen LogP contribution in [0.25, 0.3) is 0 Å². The van der Waals surface area contributed by atoms with E-state index in [9.17, 15) is 4.79 Å². The highest BCUT2D eigenvalue weighted by atomic mass is 16.5. The Morgan fingerprint density at radius 2 is 2.35 bits per heavy atom. The molecule has 0 radical (unpaired) electrons. The molecule has 0 aliphatic carbocycles. The lowest BCUT2D eigenvalue weighted by atomic mass is 10.3. The lowest BCUT2D eigenvalue weighted by Crippen LogP contribution is -2.30. The lowest BCUT2D eigenvalue weighted by molar-refractivity contribution is -0.141. The first-order chi connectivity index (χ1) is 8.21. The summed E-state index contributed by atoms with van der Waals surface area (Å²) in [6, 6.07) is 5.39. The van der Waals surface area contributed by atoms with Gasteiger partial charge in [0.15, 0.2) is 0 Å². The Morgan fingerprint density at radius 3 is 2.94 bits per heavy atom. The van der Waals surface area contributed by atoms with Crippen LogP contribution in [0.5, 0.6) is 0 Å². The summed E-state index contributed by atoms with van der Waals surface area (Å²) >= 11 is 0. The number of aromatic nitrogens is 1. The van der Waals surface area contributed by atoms with Crippen molar-refractivity contribution in [3.8, 4) is 6.07 Å². The third-order valence-electron chi connectivity index (χ3n) is 2.23. The van der Waals surface area contributed by atoms with E-state index in [0.717, 1.165) is 5.69 Å². The summed E-state index contributed by atoms with van der Waals surface area (Å²) in [6.07, 6.45) is 1.56. The van der Waals surface area contributed by atoms with Gasteiger partial charge >= 0.3 is 5.97 Å². The average molecular weight is 233 g/mol. The van der Waals surface area contributed by atoms with E-state index in [1.807, 2.05) is 17.9 Å². The van der Waals surface area contributed by atoms with Crippen molar-refractivity contribution >= 4 is 11.7 Å². The van der Waals surface area contributed by atoms with E-state index < -0.39 is 0 Å². The van der Waals surface area contributed by atoms with Crippen LogP contribution in [-0.4, -0.2) is 30.6 Å². The molecule has 5 nitrogen and oxygen atoms in total. The fourth-order valence-corrected chi connectivity index (χ4v) is 1.43. The molecular formula is C12H15N3O2. The van der Waals surface area contributed by atoms with Crippen LogP contribution in [0.3, 0.4) is 0 Å². The number of nitrogens with zero attached hydrogens (tertiary/aromatic N) is 3. The lowest BCUT2D eigenvalue weighted by Gasteiger charge is -2.21. The summed E-state index contributed by atoms with van der Waals surface area (Å²) in [5.41, 5.74) is 1.14. The van der Waals surface area contributed by atoms with Crippen molar-refractivity contribution in [3.05, 3.63) is 24.0 Å². The number of ether oxygens (including phenoxy) is 1. The minimum atomic E-state index is -0.273. The van der Waals surface area contributed by atoms with Gasteiger partial charge in [0.2, 0.25) is 0 Å². The highest BCUT2D eigenvalue weighted by Gasteiger charge is 2.11. The van der Waals surface area contributed by atoms with Crippen LogP contribution in [0.4, 0.5) is 5.69 Å². The van der Waals surface area contributed by atoms with E-state index in [0.29, 0.717) is 18.8 Å². The Bertz CT molecular complexity index is 426. The SMILES string of the molecule is CCOC(=O)CN(CC)c1ccnc(C#N)c1. The number of pyridine rings is 1. The van der Waals surface area contributed by atoms with Crippen LogP contribution >= 0.6 is 0 Å². The van der Waals surface area contributed by atoms with Crippen LogP contribution < -0.4 is 4.90 Å². The first kappa shape index (κ1) is 13.0. The standard InChI is InChI=1S/C12H15N3O2/c1-3-15(9-12(16)17-4-2)11-5-6-14-10(7-11)8-13/h5-7H,3-4,9H2,1-2H3. The Kier molecular flexibility index (Phi) is 4.95. The predicted molar refractivity (Wildman–Crippen MR) is 63.5 cm³/mol. The first-order valence-electron chi connectivity index (χ1n) is 5.48. The molecule has 0 spiro atoms. The Morgan fingerprint density at radius 1 is 1.59 bits per heavy atom. The van der Waals surface area contributed by atoms with Crippen molar-refractivity contribution < 1.29 is 9.53 Å². The zero-order chi connectivity index (χ0) is 12.7. The summed E-state index contributed by atoms with van der Waals surface area (Å²) in [6.45, 7) is 4.92. The van der Waals surface area contributed by atoms with E-state index in [1.54, 1.807) is 25.3 Å². The third kappa shape index (κ3) is 3.76. The van der Waals surface area contributed by atoms with Gasteiger partial charge < -0.3 is 9.64 Å². The van der Waals surface area contributed by atoms with Gasteiger partial charge in [-0.2, -0.15) is 5.26 Å². The number of carbonyl (C=O) groups is 1. The largest absolute Gasteiger partial charge is 0.465 e. The molecule has 0 amide bonds.